The van der Waals surface area contributed by atoms with Crippen molar-refractivity contribution in [2.45, 2.75) is 0 Å². The normalized spacial score (nSPS) is 10.2. The molecule has 0 aliphatic heterocycles. The first-order valence-corrected chi connectivity index (χ1v) is 3.95. The van der Waals surface area contributed by atoms with Gasteiger partial charge in [-0.05, 0) is 12.1 Å². The number of aromatic nitrogens is 3. The van der Waals surface area contributed by atoms with Crippen LogP contribution >= 0.6 is 0 Å². The predicted molar refractivity (Wildman–Crippen MR) is 49.3 cm³/mol. The Kier molecular flexibility index (Phi) is 1.73. The van der Waals surface area contributed by atoms with E-state index < -0.39 is 0 Å². The fraction of sp³-hybridized carbons (Fsp3) is 0.111. The largest absolute Gasteiger partial charge is 0.325 e. The van der Waals surface area contributed by atoms with Crippen molar-refractivity contribution in [1.82, 2.24) is 14.5 Å². The zero-order valence-corrected chi connectivity index (χ0v) is 7.19. The summed E-state index contributed by atoms with van der Waals surface area (Å²) >= 11 is 0. The van der Waals surface area contributed by atoms with Crippen molar-refractivity contribution < 1.29 is 0 Å². The molecule has 0 saturated carbocycles. The van der Waals surface area contributed by atoms with Crippen LogP contribution in [0.1, 0.15) is 0 Å². The van der Waals surface area contributed by atoms with Gasteiger partial charge in [-0.25, -0.2) is 4.79 Å². The van der Waals surface area contributed by atoms with Crippen LogP contribution in [-0.4, -0.2) is 14.5 Å². The molecule has 2 aromatic heterocycles. The maximum Gasteiger partial charge on any atom is 0.325 e. The van der Waals surface area contributed by atoms with Crippen molar-refractivity contribution in [2.75, 3.05) is 0 Å². The van der Waals surface area contributed by atoms with Gasteiger partial charge >= 0.3 is 5.69 Å². The van der Waals surface area contributed by atoms with Gasteiger partial charge in [-0.3, -0.25) is 9.55 Å². The molecule has 4 nitrogen and oxygen atoms in total. The van der Waals surface area contributed by atoms with Gasteiger partial charge in [-0.2, -0.15) is 0 Å². The van der Waals surface area contributed by atoms with Crippen molar-refractivity contribution in [3.63, 3.8) is 0 Å². The lowest BCUT2D eigenvalue weighted by molar-refractivity contribution is 0.866. The quantitative estimate of drug-likeness (QED) is 0.696. The summed E-state index contributed by atoms with van der Waals surface area (Å²) in [4.78, 5) is 17.8. The molecule has 66 valence electrons. The lowest BCUT2D eigenvalue weighted by atomic mass is 10.3. The topological polar surface area (TPSA) is 50.7 Å². The van der Waals surface area contributed by atoms with Crippen molar-refractivity contribution in [1.29, 1.82) is 0 Å². The van der Waals surface area contributed by atoms with E-state index in [1.807, 2.05) is 18.2 Å². The number of nitrogens with zero attached hydrogens (tertiary/aromatic N) is 2. The van der Waals surface area contributed by atoms with Gasteiger partial charge in [-0.15, -0.1) is 0 Å². The van der Waals surface area contributed by atoms with Crippen molar-refractivity contribution in [3.8, 4) is 11.4 Å². The molecule has 0 amide bonds. The summed E-state index contributed by atoms with van der Waals surface area (Å²) in [7, 11) is 1.71. The Balaban J connectivity index is 2.60. The van der Waals surface area contributed by atoms with Gasteiger partial charge in [0.05, 0.1) is 11.4 Å². The summed E-state index contributed by atoms with van der Waals surface area (Å²) in [5.74, 6) is 0. The van der Waals surface area contributed by atoms with Crippen LogP contribution in [-0.2, 0) is 7.05 Å². The van der Waals surface area contributed by atoms with E-state index in [2.05, 4.69) is 9.97 Å². The molecule has 1 N–H and O–H groups in total. The van der Waals surface area contributed by atoms with Crippen molar-refractivity contribution in [3.05, 3.63) is 41.1 Å². The molecule has 0 atom stereocenters. The van der Waals surface area contributed by atoms with Crippen LogP contribution in [0.3, 0.4) is 0 Å². The molecule has 4 heteroatoms. The Morgan fingerprint density at radius 1 is 1.46 bits per heavy atom. The molecule has 2 heterocycles. The second-order valence-corrected chi connectivity index (χ2v) is 2.75. The van der Waals surface area contributed by atoms with E-state index in [0.717, 1.165) is 11.4 Å². The zero-order chi connectivity index (χ0) is 9.26. The van der Waals surface area contributed by atoms with E-state index in [1.165, 1.54) is 4.57 Å². The summed E-state index contributed by atoms with van der Waals surface area (Å²) < 4.78 is 1.53. The lowest BCUT2D eigenvalue weighted by Crippen LogP contribution is -2.13. The standard InChI is InChI=1S/C9H9N3O/c1-12-8(6-11-9(12)13)7-4-2-3-5-10-7/h2-6H,1H3,(H,11,13). The third-order valence-corrected chi connectivity index (χ3v) is 1.93. The molecule has 0 aliphatic rings. The third-order valence-electron chi connectivity index (χ3n) is 1.93. The number of aromatic amines is 1. The minimum Gasteiger partial charge on any atom is -0.312 e. The van der Waals surface area contributed by atoms with Gasteiger partial charge in [0.15, 0.2) is 0 Å². The first-order valence-electron chi connectivity index (χ1n) is 3.95. The van der Waals surface area contributed by atoms with Gasteiger partial charge in [0.1, 0.15) is 0 Å². The molecule has 0 aromatic carbocycles. The first-order chi connectivity index (χ1) is 6.29. The van der Waals surface area contributed by atoms with Crippen LogP contribution in [0, 0.1) is 0 Å². The van der Waals surface area contributed by atoms with E-state index in [9.17, 15) is 4.79 Å². The number of hydrogen-bond acceptors (Lipinski definition) is 2. The summed E-state index contributed by atoms with van der Waals surface area (Å²) in [6.07, 6.45) is 3.36. The highest BCUT2D eigenvalue weighted by molar-refractivity contribution is 5.52. The van der Waals surface area contributed by atoms with Crippen molar-refractivity contribution >= 4 is 0 Å². The Hall–Kier alpha value is -1.84. The van der Waals surface area contributed by atoms with Gasteiger partial charge in [0.2, 0.25) is 0 Å². The van der Waals surface area contributed by atoms with E-state index in [1.54, 1.807) is 19.4 Å². The monoisotopic (exact) mass is 175 g/mol. The minimum absolute atomic E-state index is 0.124. The number of rotatable bonds is 1. The van der Waals surface area contributed by atoms with Gasteiger partial charge in [0.25, 0.3) is 0 Å². The SMILES string of the molecule is Cn1c(-c2ccccn2)c[nH]c1=O. The second kappa shape index (κ2) is 2.90. The molecule has 0 spiro atoms. The maximum absolute atomic E-state index is 11.1. The highest BCUT2D eigenvalue weighted by Gasteiger charge is 2.04. The maximum atomic E-state index is 11.1. The van der Waals surface area contributed by atoms with Gasteiger partial charge < -0.3 is 4.98 Å². The van der Waals surface area contributed by atoms with Crippen LogP contribution in [0.4, 0.5) is 0 Å². The molecule has 2 rings (SSSR count). The average Bonchev–Trinajstić information content (AvgIpc) is 2.49. The first kappa shape index (κ1) is 7.79. The van der Waals surface area contributed by atoms with Crippen molar-refractivity contribution in [2.24, 2.45) is 7.05 Å². The Labute approximate surface area is 74.9 Å². The molecular weight excluding hydrogens is 166 g/mol. The van der Waals surface area contributed by atoms with Crippen LogP contribution in [0.5, 0.6) is 0 Å². The summed E-state index contributed by atoms with van der Waals surface area (Å²) in [5.41, 5.74) is 1.47. The fourth-order valence-corrected chi connectivity index (χ4v) is 1.19. The van der Waals surface area contributed by atoms with Gasteiger partial charge in [0, 0.05) is 19.4 Å². The Morgan fingerprint density at radius 2 is 2.31 bits per heavy atom. The van der Waals surface area contributed by atoms with E-state index in [0.29, 0.717) is 0 Å². The van der Waals surface area contributed by atoms with E-state index in [4.69, 9.17) is 0 Å². The second-order valence-electron chi connectivity index (χ2n) is 2.75. The number of nitrogens with one attached hydrogen (secondary N) is 1. The van der Waals surface area contributed by atoms with E-state index in [-0.39, 0.29) is 5.69 Å². The number of H-pyrrole nitrogens is 1. The van der Waals surface area contributed by atoms with E-state index >= 15 is 0 Å². The molecule has 2 aromatic rings. The molecular formula is C9H9N3O. The van der Waals surface area contributed by atoms with Crippen LogP contribution in [0.15, 0.2) is 35.4 Å². The van der Waals surface area contributed by atoms with Crippen LogP contribution < -0.4 is 5.69 Å². The molecule has 0 saturated heterocycles. The average molecular weight is 175 g/mol. The zero-order valence-electron chi connectivity index (χ0n) is 7.19. The molecule has 0 unspecified atom stereocenters. The van der Waals surface area contributed by atoms with Crippen LogP contribution in [0.2, 0.25) is 0 Å². The molecule has 0 aliphatic carbocycles. The highest BCUT2D eigenvalue weighted by atomic mass is 16.1. The smallest absolute Gasteiger partial charge is 0.312 e. The number of hydrogen-bond donors (Lipinski definition) is 1. The Bertz CT molecular complexity index is 455. The van der Waals surface area contributed by atoms with Crippen LogP contribution in [0.25, 0.3) is 11.4 Å². The highest BCUT2D eigenvalue weighted by Crippen LogP contribution is 2.11. The molecule has 0 bridgehead atoms. The molecule has 0 fully saturated rings. The van der Waals surface area contributed by atoms with Gasteiger partial charge in [-0.1, -0.05) is 6.07 Å². The predicted octanol–water partition coefficient (Wildman–Crippen LogP) is 0.775. The fourth-order valence-electron chi connectivity index (χ4n) is 1.19. The Morgan fingerprint density at radius 3 is 2.85 bits per heavy atom. The number of imidazole rings is 1. The summed E-state index contributed by atoms with van der Waals surface area (Å²) in [6.45, 7) is 0. The summed E-state index contributed by atoms with van der Waals surface area (Å²) in [6, 6.07) is 5.59. The number of pyridine rings is 1. The third kappa shape index (κ3) is 1.26. The molecule has 13 heavy (non-hydrogen) atoms. The summed E-state index contributed by atoms with van der Waals surface area (Å²) in [5, 5.41) is 0. The lowest BCUT2D eigenvalue weighted by Gasteiger charge is -1.98. The minimum atomic E-state index is -0.124. The molecule has 0 radical (unpaired) electrons.